The molecular formula is C29H46N2O6S. The molecule has 2 aliphatic rings. The second kappa shape index (κ2) is 14.4. The standard InChI is InChI=1S/C29H46N2O6S/c1-20(2)17-26(32)28(34)24(18-21-9-5-3-6-10-21)31-29(35)25(19-22-13-14-22)30-27(33)15-16-38(36,37)23-11-7-4-8-12-23/h4,7-8,11-12,20-22,24-26,28,32,34H,3,5-6,9-10,13-19H2,1-2H3,(H,30,33)(H,31,35)/t24-,25-,26-,28+/m0/s1. The van der Waals surface area contributed by atoms with E-state index in [0.717, 1.165) is 38.5 Å². The lowest BCUT2D eigenvalue weighted by Gasteiger charge is -2.33. The van der Waals surface area contributed by atoms with Gasteiger partial charge in [0, 0.05) is 6.42 Å². The molecule has 3 rings (SSSR count). The molecule has 1 aromatic rings. The number of benzene rings is 1. The molecule has 0 aliphatic heterocycles. The quantitative estimate of drug-likeness (QED) is 0.265. The van der Waals surface area contributed by atoms with Gasteiger partial charge in [0.1, 0.15) is 12.1 Å². The van der Waals surface area contributed by atoms with Gasteiger partial charge in [-0.05, 0) is 49.1 Å². The topological polar surface area (TPSA) is 133 Å². The van der Waals surface area contributed by atoms with Crippen LogP contribution in [0.2, 0.25) is 0 Å². The van der Waals surface area contributed by atoms with Gasteiger partial charge in [-0.2, -0.15) is 0 Å². The van der Waals surface area contributed by atoms with Crippen molar-refractivity contribution in [2.75, 3.05) is 5.75 Å². The summed E-state index contributed by atoms with van der Waals surface area (Å²) in [5.41, 5.74) is 0. The Bertz CT molecular complexity index is 990. The molecular weight excluding hydrogens is 504 g/mol. The number of hydrogen-bond donors (Lipinski definition) is 4. The van der Waals surface area contributed by atoms with E-state index in [2.05, 4.69) is 10.6 Å². The minimum Gasteiger partial charge on any atom is -0.390 e. The van der Waals surface area contributed by atoms with E-state index >= 15 is 0 Å². The molecule has 9 heteroatoms. The molecule has 38 heavy (non-hydrogen) atoms. The molecule has 0 spiro atoms. The van der Waals surface area contributed by atoms with Gasteiger partial charge in [-0.1, -0.05) is 77.0 Å². The number of amides is 2. The van der Waals surface area contributed by atoms with Crippen molar-refractivity contribution < 1.29 is 28.2 Å². The van der Waals surface area contributed by atoms with Gasteiger partial charge in [-0.3, -0.25) is 9.59 Å². The number of aliphatic hydroxyl groups is 2. The average Bonchev–Trinajstić information content (AvgIpc) is 3.71. The number of carbonyl (C=O) groups is 2. The van der Waals surface area contributed by atoms with Gasteiger partial charge in [0.25, 0.3) is 0 Å². The summed E-state index contributed by atoms with van der Waals surface area (Å²) in [6, 6.07) is 6.59. The number of rotatable bonds is 15. The third-order valence-electron chi connectivity index (χ3n) is 7.78. The van der Waals surface area contributed by atoms with Crippen molar-refractivity contribution in [2.24, 2.45) is 17.8 Å². The van der Waals surface area contributed by atoms with E-state index in [-0.39, 0.29) is 28.9 Å². The van der Waals surface area contributed by atoms with E-state index in [1.807, 2.05) is 13.8 Å². The lowest BCUT2D eigenvalue weighted by molar-refractivity contribution is -0.130. The van der Waals surface area contributed by atoms with Crippen LogP contribution in [0, 0.1) is 17.8 Å². The Morgan fingerprint density at radius 1 is 0.921 bits per heavy atom. The van der Waals surface area contributed by atoms with Gasteiger partial charge in [-0.15, -0.1) is 0 Å². The third kappa shape index (κ3) is 9.97. The third-order valence-corrected chi connectivity index (χ3v) is 9.51. The molecule has 2 aliphatic carbocycles. The van der Waals surface area contributed by atoms with E-state index in [0.29, 0.717) is 31.1 Å². The number of hydrogen-bond acceptors (Lipinski definition) is 6. The highest BCUT2D eigenvalue weighted by Gasteiger charge is 2.35. The molecule has 214 valence electrons. The summed E-state index contributed by atoms with van der Waals surface area (Å²) in [7, 11) is -3.61. The summed E-state index contributed by atoms with van der Waals surface area (Å²) >= 11 is 0. The van der Waals surface area contributed by atoms with Gasteiger partial charge < -0.3 is 20.8 Å². The molecule has 0 saturated heterocycles. The van der Waals surface area contributed by atoms with Crippen LogP contribution >= 0.6 is 0 Å². The molecule has 0 heterocycles. The van der Waals surface area contributed by atoms with Crippen LogP contribution in [0.15, 0.2) is 35.2 Å². The largest absolute Gasteiger partial charge is 0.390 e. The molecule has 0 unspecified atom stereocenters. The van der Waals surface area contributed by atoms with Gasteiger partial charge in [0.2, 0.25) is 11.8 Å². The molecule has 4 N–H and O–H groups in total. The molecule has 0 bridgehead atoms. The zero-order chi connectivity index (χ0) is 27.7. The minimum absolute atomic E-state index is 0.166. The number of carbonyl (C=O) groups excluding carboxylic acids is 2. The molecule has 1 aromatic carbocycles. The summed E-state index contributed by atoms with van der Waals surface area (Å²) in [4.78, 5) is 26.4. The van der Waals surface area contributed by atoms with Crippen LogP contribution in [0.25, 0.3) is 0 Å². The zero-order valence-electron chi connectivity index (χ0n) is 22.8. The highest BCUT2D eigenvalue weighted by Crippen LogP contribution is 2.34. The first-order valence-electron chi connectivity index (χ1n) is 14.3. The van der Waals surface area contributed by atoms with E-state index in [1.165, 1.54) is 18.6 Å². The van der Waals surface area contributed by atoms with Crippen molar-refractivity contribution in [3.05, 3.63) is 30.3 Å². The normalized spacial score (nSPS) is 19.9. The maximum atomic E-state index is 13.4. The fraction of sp³-hybridized carbons (Fsp3) is 0.724. The van der Waals surface area contributed by atoms with Crippen LogP contribution in [-0.4, -0.2) is 60.5 Å². The molecule has 2 saturated carbocycles. The number of sulfone groups is 1. The van der Waals surface area contributed by atoms with Crippen LogP contribution < -0.4 is 10.6 Å². The summed E-state index contributed by atoms with van der Waals surface area (Å²) in [6.45, 7) is 3.95. The maximum absolute atomic E-state index is 13.4. The lowest BCUT2D eigenvalue weighted by atomic mass is 9.82. The Kier molecular flexibility index (Phi) is 11.6. The van der Waals surface area contributed by atoms with Crippen molar-refractivity contribution in [1.82, 2.24) is 10.6 Å². The average molecular weight is 551 g/mol. The summed E-state index contributed by atoms with van der Waals surface area (Å²) in [6.07, 6.45) is 6.70. The molecule has 8 nitrogen and oxygen atoms in total. The molecule has 2 fully saturated rings. The first-order valence-corrected chi connectivity index (χ1v) is 15.9. The van der Waals surface area contributed by atoms with Gasteiger partial charge in [0.15, 0.2) is 9.84 Å². The van der Waals surface area contributed by atoms with Crippen molar-refractivity contribution in [1.29, 1.82) is 0 Å². The Hall–Kier alpha value is -1.97. The second-order valence-electron chi connectivity index (χ2n) is 11.7. The van der Waals surface area contributed by atoms with Crippen LogP contribution in [0.3, 0.4) is 0 Å². The molecule has 0 aromatic heterocycles. The van der Waals surface area contributed by atoms with E-state index in [1.54, 1.807) is 18.2 Å². The second-order valence-corrected chi connectivity index (χ2v) is 13.8. The lowest BCUT2D eigenvalue weighted by Crippen LogP contribution is -2.55. The number of aliphatic hydroxyl groups excluding tert-OH is 2. The van der Waals surface area contributed by atoms with Crippen LogP contribution in [0.5, 0.6) is 0 Å². The first-order chi connectivity index (χ1) is 18.0. The first kappa shape index (κ1) is 30.6. The molecule has 2 amide bonds. The minimum atomic E-state index is -3.61. The summed E-state index contributed by atoms with van der Waals surface area (Å²) in [5, 5.41) is 27.4. The predicted molar refractivity (Wildman–Crippen MR) is 147 cm³/mol. The fourth-order valence-corrected chi connectivity index (χ4v) is 6.66. The van der Waals surface area contributed by atoms with Gasteiger partial charge in [-0.25, -0.2) is 8.42 Å². The van der Waals surface area contributed by atoms with Crippen molar-refractivity contribution in [2.45, 2.75) is 114 Å². The highest BCUT2D eigenvalue weighted by atomic mass is 32.2. The maximum Gasteiger partial charge on any atom is 0.242 e. The van der Waals surface area contributed by atoms with E-state index in [4.69, 9.17) is 0 Å². The van der Waals surface area contributed by atoms with Crippen molar-refractivity contribution in [3.8, 4) is 0 Å². The highest BCUT2D eigenvalue weighted by molar-refractivity contribution is 7.91. The van der Waals surface area contributed by atoms with Gasteiger partial charge in [0.05, 0.1) is 22.8 Å². The summed E-state index contributed by atoms with van der Waals surface area (Å²) < 4.78 is 25.2. The molecule has 0 radical (unpaired) electrons. The summed E-state index contributed by atoms with van der Waals surface area (Å²) in [5.74, 6) is -0.311. The Morgan fingerprint density at radius 3 is 2.16 bits per heavy atom. The van der Waals surface area contributed by atoms with Crippen LogP contribution in [0.1, 0.15) is 84.5 Å². The number of nitrogens with one attached hydrogen (secondary N) is 2. The monoisotopic (exact) mass is 550 g/mol. The van der Waals surface area contributed by atoms with E-state index < -0.39 is 40.0 Å². The van der Waals surface area contributed by atoms with Crippen LogP contribution in [0.4, 0.5) is 0 Å². The van der Waals surface area contributed by atoms with Gasteiger partial charge >= 0.3 is 0 Å². The Balaban J connectivity index is 1.64. The Labute approximate surface area is 227 Å². The van der Waals surface area contributed by atoms with Crippen molar-refractivity contribution in [3.63, 3.8) is 0 Å². The zero-order valence-corrected chi connectivity index (χ0v) is 23.7. The van der Waals surface area contributed by atoms with Crippen molar-refractivity contribution >= 4 is 21.7 Å². The molecule has 4 atom stereocenters. The predicted octanol–water partition coefficient (Wildman–Crippen LogP) is 3.36. The van der Waals surface area contributed by atoms with Crippen LogP contribution in [-0.2, 0) is 19.4 Å². The Morgan fingerprint density at radius 2 is 1.55 bits per heavy atom. The SMILES string of the molecule is CC(C)C[C@H](O)[C@H](O)[C@H](CC1CCCCC1)NC(=O)[C@H](CC1CC1)NC(=O)CCS(=O)(=O)c1ccccc1. The fourth-order valence-electron chi connectivity index (χ4n) is 5.40. The van der Waals surface area contributed by atoms with E-state index in [9.17, 15) is 28.2 Å². The smallest absolute Gasteiger partial charge is 0.242 e.